The van der Waals surface area contributed by atoms with Crippen molar-refractivity contribution < 1.29 is 19.7 Å². The Balaban J connectivity index is 1.92. The number of benzene rings is 1. The molecule has 0 fully saturated rings. The van der Waals surface area contributed by atoms with E-state index < -0.39 is 11.9 Å². The monoisotopic (exact) mass is 371 g/mol. The average molecular weight is 371 g/mol. The van der Waals surface area contributed by atoms with Crippen LogP contribution in [0.4, 0.5) is 0 Å². The normalized spacial score (nSPS) is 12.3. The number of aromatic nitrogens is 1. The van der Waals surface area contributed by atoms with Gasteiger partial charge in [0.05, 0.1) is 12.5 Å². The Bertz CT molecular complexity index is 964. The number of aliphatic carboxylic acids is 1. The van der Waals surface area contributed by atoms with Gasteiger partial charge < -0.3 is 14.9 Å². The average Bonchev–Trinajstić information content (AvgIpc) is 3.03. The molecule has 1 unspecified atom stereocenters. The molecule has 0 aliphatic rings. The predicted molar refractivity (Wildman–Crippen MR) is 102 cm³/mol. The van der Waals surface area contributed by atoms with Gasteiger partial charge in [0.1, 0.15) is 12.4 Å². The Kier molecular flexibility index (Phi) is 5.25. The van der Waals surface area contributed by atoms with Crippen molar-refractivity contribution in [2.75, 3.05) is 0 Å². The van der Waals surface area contributed by atoms with Crippen LogP contribution in [-0.2, 0) is 18.0 Å². The summed E-state index contributed by atoms with van der Waals surface area (Å²) in [6.45, 7) is 5.77. The van der Waals surface area contributed by atoms with E-state index in [9.17, 15) is 15.0 Å². The van der Waals surface area contributed by atoms with Crippen molar-refractivity contribution in [2.45, 2.75) is 39.9 Å². The molecule has 0 radical (unpaired) electrons. The molecule has 6 heteroatoms. The maximum absolute atomic E-state index is 11.3. The molecule has 2 heterocycles. The Morgan fingerprint density at radius 3 is 2.69 bits per heavy atom. The maximum atomic E-state index is 11.3. The number of nitrogens with zero attached hydrogens (tertiary/aromatic N) is 1. The van der Waals surface area contributed by atoms with Crippen LogP contribution in [0.25, 0.3) is 10.1 Å². The summed E-state index contributed by atoms with van der Waals surface area (Å²) < 4.78 is 6.83. The summed E-state index contributed by atoms with van der Waals surface area (Å²) in [7, 11) is 0. The van der Waals surface area contributed by atoms with Gasteiger partial charge in [0.25, 0.3) is 0 Å². The largest absolute Gasteiger partial charge is 0.489 e. The Hall–Kier alpha value is -2.44. The molecule has 2 N–H and O–H groups in total. The third-order valence-electron chi connectivity index (χ3n) is 4.50. The Morgan fingerprint density at radius 2 is 2.04 bits per heavy atom. The van der Waals surface area contributed by atoms with Crippen LogP contribution < -0.4 is 4.74 Å². The number of thiophene rings is 1. The number of carboxylic acids is 1. The van der Waals surface area contributed by atoms with Crippen molar-refractivity contribution >= 4 is 27.4 Å². The topological polar surface area (TPSA) is 79.7 Å². The number of hydrogen-bond acceptors (Lipinski definition) is 5. The van der Waals surface area contributed by atoms with Crippen molar-refractivity contribution in [3.05, 3.63) is 57.7 Å². The first-order valence-corrected chi connectivity index (χ1v) is 9.22. The maximum Gasteiger partial charge on any atom is 0.310 e. The van der Waals surface area contributed by atoms with Crippen LogP contribution in [0.1, 0.15) is 40.9 Å². The molecule has 3 rings (SSSR count). The summed E-state index contributed by atoms with van der Waals surface area (Å²) in [6.07, 6.45) is 0. The van der Waals surface area contributed by atoms with Crippen molar-refractivity contribution in [3.8, 4) is 5.75 Å². The van der Waals surface area contributed by atoms with Gasteiger partial charge in [-0.2, -0.15) is 0 Å². The predicted octanol–water partition coefficient (Wildman–Crippen LogP) is 4.17. The molecule has 0 saturated heterocycles. The fourth-order valence-electron chi connectivity index (χ4n) is 2.94. The molecular formula is C20H21NO4S. The Labute approximate surface area is 155 Å². The third kappa shape index (κ3) is 3.57. The molecule has 0 aliphatic carbocycles. The van der Waals surface area contributed by atoms with Gasteiger partial charge in [0, 0.05) is 27.0 Å². The molecule has 26 heavy (non-hydrogen) atoms. The SMILES string of the molecule is Cc1ccc(COc2cc(CO)c3c(C(C)C(=O)O)csc3c2)c(C)n1. The summed E-state index contributed by atoms with van der Waals surface area (Å²) in [5, 5.41) is 21.7. The lowest BCUT2D eigenvalue weighted by molar-refractivity contribution is -0.138. The van der Waals surface area contributed by atoms with Crippen molar-refractivity contribution in [3.63, 3.8) is 0 Å². The van der Waals surface area contributed by atoms with E-state index >= 15 is 0 Å². The van der Waals surface area contributed by atoms with E-state index in [2.05, 4.69) is 4.98 Å². The van der Waals surface area contributed by atoms with E-state index in [0.717, 1.165) is 32.6 Å². The molecule has 5 nitrogen and oxygen atoms in total. The van der Waals surface area contributed by atoms with E-state index in [0.29, 0.717) is 17.9 Å². The van der Waals surface area contributed by atoms with Gasteiger partial charge in [-0.1, -0.05) is 6.07 Å². The minimum absolute atomic E-state index is 0.172. The second-order valence-electron chi connectivity index (χ2n) is 6.35. The quantitative estimate of drug-likeness (QED) is 0.680. The molecule has 136 valence electrons. The van der Waals surface area contributed by atoms with Crippen LogP contribution in [-0.4, -0.2) is 21.2 Å². The van der Waals surface area contributed by atoms with E-state index in [1.807, 2.05) is 37.4 Å². The fraction of sp³-hybridized carbons (Fsp3) is 0.300. The molecule has 1 atom stereocenters. The molecule has 3 aromatic rings. The molecular weight excluding hydrogens is 350 g/mol. The molecule has 0 saturated carbocycles. The highest BCUT2D eigenvalue weighted by atomic mass is 32.1. The summed E-state index contributed by atoms with van der Waals surface area (Å²) in [6, 6.07) is 7.63. The van der Waals surface area contributed by atoms with E-state index in [-0.39, 0.29) is 6.61 Å². The van der Waals surface area contributed by atoms with E-state index in [4.69, 9.17) is 4.74 Å². The van der Waals surface area contributed by atoms with Gasteiger partial charge in [0.2, 0.25) is 0 Å². The lowest BCUT2D eigenvalue weighted by Gasteiger charge is -2.12. The van der Waals surface area contributed by atoms with Crippen LogP contribution >= 0.6 is 11.3 Å². The van der Waals surface area contributed by atoms with Crippen LogP contribution in [0.2, 0.25) is 0 Å². The van der Waals surface area contributed by atoms with Gasteiger partial charge in [-0.3, -0.25) is 9.78 Å². The first-order valence-electron chi connectivity index (χ1n) is 8.34. The zero-order valence-corrected chi connectivity index (χ0v) is 15.8. The van der Waals surface area contributed by atoms with Gasteiger partial charge in [0.15, 0.2) is 0 Å². The standard InChI is InChI=1S/C20H21NO4S/c1-11-4-5-14(13(3)21-11)9-25-16-6-15(8-22)19-17(12(2)20(23)24)10-26-18(19)7-16/h4-7,10,12,22H,8-9H2,1-3H3,(H,23,24). The number of pyridine rings is 1. The molecule has 0 aliphatic heterocycles. The number of aryl methyl sites for hydroxylation is 2. The van der Waals surface area contributed by atoms with E-state index in [1.165, 1.54) is 11.3 Å². The summed E-state index contributed by atoms with van der Waals surface area (Å²) in [5.74, 6) is -0.851. The Morgan fingerprint density at radius 1 is 1.27 bits per heavy atom. The van der Waals surface area contributed by atoms with Crippen LogP contribution in [0.5, 0.6) is 5.75 Å². The molecule has 1 aromatic carbocycles. The zero-order valence-electron chi connectivity index (χ0n) is 14.9. The summed E-state index contributed by atoms with van der Waals surface area (Å²) >= 11 is 1.46. The number of aliphatic hydroxyl groups excluding tert-OH is 1. The minimum atomic E-state index is -0.878. The third-order valence-corrected chi connectivity index (χ3v) is 5.44. The van der Waals surface area contributed by atoms with Crippen LogP contribution in [0, 0.1) is 13.8 Å². The van der Waals surface area contributed by atoms with Crippen molar-refractivity contribution in [1.82, 2.24) is 4.98 Å². The fourth-order valence-corrected chi connectivity index (χ4v) is 4.07. The second kappa shape index (κ2) is 7.43. The number of fused-ring (bicyclic) bond motifs is 1. The van der Waals surface area contributed by atoms with Crippen LogP contribution in [0.3, 0.4) is 0 Å². The summed E-state index contributed by atoms with van der Waals surface area (Å²) in [5.41, 5.74) is 4.32. The first-order chi connectivity index (χ1) is 12.4. The second-order valence-corrected chi connectivity index (χ2v) is 7.26. The van der Waals surface area contributed by atoms with Crippen LogP contribution in [0.15, 0.2) is 29.6 Å². The zero-order chi connectivity index (χ0) is 18.8. The number of carboxylic acid groups (broad SMARTS) is 1. The number of carbonyl (C=O) groups is 1. The summed E-state index contributed by atoms with van der Waals surface area (Å²) in [4.78, 5) is 15.8. The van der Waals surface area contributed by atoms with Gasteiger partial charge in [-0.15, -0.1) is 11.3 Å². The van der Waals surface area contributed by atoms with E-state index in [1.54, 1.807) is 13.0 Å². The lowest BCUT2D eigenvalue weighted by Crippen LogP contribution is -2.07. The van der Waals surface area contributed by atoms with Gasteiger partial charge in [-0.25, -0.2) is 0 Å². The highest BCUT2D eigenvalue weighted by Gasteiger charge is 2.20. The molecule has 0 bridgehead atoms. The smallest absolute Gasteiger partial charge is 0.310 e. The van der Waals surface area contributed by atoms with Crippen molar-refractivity contribution in [1.29, 1.82) is 0 Å². The van der Waals surface area contributed by atoms with Gasteiger partial charge >= 0.3 is 5.97 Å². The number of rotatable bonds is 6. The molecule has 0 spiro atoms. The number of ether oxygens (including phenoxy) is 1. The highest BCUT2D eigenvalue weighted by molar-refractivity contribution is 7.17. The van der Waals surface area contributed by atoms with Crippen molar-refractivity contribution in [2.24, 2.45) is 0 Å². The minimum Gasteiger partial charge on any atom is -0.489 e. The highest BCUT2D eigenvalue weighted by Crippen LogP contribution is 2.37. The number of hydrogen-bond donors (Lipinski definition) is 2. The number of aliphatic hydroxyl groups is 1. The first kappa shape index (κ1) is 18.4. The molecule has 0 amide bonds. The van der Waals surface area contributed by atoms with Gasteiger partial charge in [-0.05, 0) is 55.5 Å². The molecule has 2 aromatic heterocycles. The lowest BCUT2D eigenvalue weighted by atomic mass is 9.97.